The molecule has 4 aromatic rings. The first kappa shape index (κ1) is 23.7. The third kappa shape index (κ3) is 4.10. The van der Waals surface area contributed by atoms with E-state index in [1.54, 1.807) is 22.7 Å². The molecule has 4 rings (SSSR count). The van der Waals surface area contributed by atoms with Crippen molar-refractivity contribution in [1.82, 2.24) is 0 Å². The molecule has 8 heteroatoms. The van der Waals surface area contributed by atoms with Gasteiger partial charge in [-0.3, -0.25) is 0 Å². The van der Waals surface area contributed by atoms with Crippen LogP contribution in [-0.2, 0) is 0 Å². The van der Waals surface area contributed by atoms with Gasteiger partial charge in [0.25, 0.3) is 5.70 Å². The van der Waals surface area contributed by atoms with Gasteiger partial charge in [-0.05, 0) is 63.1 Å². The van der Waals surface area contributed by atoms with Gasteiger partial charge in [-0.15, -0.1) is 45.3 Å². The van der Waals surface area contributed by atoms with Crippen molar-refractivity contribution in [2.24, 2.45) is 0 Å². The lowest BCUT2D eigenvalue weighted by atomic mass is 10.1. The summed E-state index contributed by atoms with van der Waals surface area (Å²) in [6.45, 7) is 15.7. The van der Waals surface area contributed by atoms with Gasteiger partial charge in [-0.25, -0.2) is 10.1 Å². The molecule has 0 N–H and O–H groups in total. The van der Waals surface area contributed by atoms with Crippen molar-refractivity contribution in [1.29, 1.82) is 15.8 Å². The fourth-order valence-corrected chi connectivity index (χ4v) is 8.09. The van der Waals surface area contributed by atoms with Crippen LogP contribution in [-0.4, -0.2) is 0 Å². The monoisotopic (exact) mass is 512 g/mol. The molecule has 34 heavy (non-hydrogen) atoms. The molecule has 4 aromatic heterocycles. The molecule has 0 aliphatic rings. The van der Waals surface area contributed by atoms with Crippen molar-refractivity contribution in [3.63, 3.8) is 0 Å². The van der Waals surface area contributed by atoms with Gasteiger partial charge in [-0.2, -0.15) is 10.5 Å². The summed E-state index contributed by atoms with van der Waals surface area (Å²) in [5.74, 6) is 0. The SMILES string of the molecule is [C-]#[N+]/C(C#N)=c1\cc(-c2cc(C)sc2C)/c(=c2\sc(=C(C#N)C#N)cc2-c2cc(C)sc2C)s1. The number of nitrogens with zero attached hydrogens (tertiary/aromatic N) is 4. The largest absolute Gasteiger partial charge is 0.278 e. The molecule has 0 spiro atoms. The van der Waals surface area contributed by atoms with Crippen molar-refractivity contribution in [2.45, 2.75) is 27.7 Å². The topological polar surface area (TPSA) is 75.7 Å². The summed E-state index contributed by atoms with van der Waals surface area (Å²) in [6.07, 6.45) is 0. The normalized spacial score (nSPS) is 12.4. The van der Waals surface area contributed by atoms with Crippen LogP contribution >= 0.6 is 45.3 Å². The molecular formula is C26H16N4S4. The van der Waals surface area contributed by atoms with Gasteiger partial charge in [0.05, 0.1) is 26.2 Å². The van der Waals surface area contributed by atoms with Gasteiger partial charge in [0.15, 0.2) is 0 Å². The van der Waals surface area contributed by atoms with Crippen LogP contribution < -0.4 is 9.06 Å². The van der Waals surface area contributed by atoms with E-state index in [1.165, 1.54) is 32.4 Å². The van der Waals surface area contributed by atoms with Crippen molar-refractivity contribution in [2.75, 3.05) is 0 Å². The van der Waals surface area contributed by atoms with Gasteiger partial charge in [0.2, 0.25) is 0 Å². The number of rotatable bonds is 2. The standard InChI is InChI=1S/C26H16N4S4/c1-13-6-18(15(3)31-13)20-8-23(17(10-27)11-28)33-25(20)26-21(19-7-14(2)32-16(19)4)9-24(34-26)22(12-29)30-5/h6-9H,1-4H3/b24-22+,26-25+. The first-order valence-corrected chi connectivity index (χ1v) is 13.3. The fourth-order valence-electron chi connectivity index (χ4n) is 3.83. The third-order valence-electron chi connectivity index (χ3n) is 5.25. The highest BCUT2D eigenvalue weighted by molar-refractivity contribution is 7.13. The molecule has 0 fully saturated rings. The Balaban J connectivity index is 2.34. The Kier molecular flexibility index (Phi) is 6.54. The number of aryl methyl sites for hydroxylation is 4. The van der Waals surface area contributed by atoms with E-state index in [9.17, 15) is 15.8 Å². The number of hydrogen-bond acceptors (Lipinski definition) is 7. The van der Waals surface area contributed by atoms with Gasteiger partial charge < -0.3 is 0 Å². The van der Waals surface area contributed by atoms with Gasteiger partial charge in [-0.1, -0.05) is 0 Å². The zero-order valence-electron chi connectivity index (χ0n) is 18.7. The molecule has 0 bridgehead atoms. The molecule has 0 radical (unpaired) electrons. The lowest BCUT2D eigenvalue weighted by Crippen LogP contribution is -1.94. The highest BCUT2D eigenvalue weighted by atomic mass is 32.1. The zero-order chi connectivity index (χ0) is 24.6. The summed E-state index contributed by atoms with van der Waals surface area (Å²) in [7, 11) is 0. The summed E-state index contributed by atoms with van der Waals surface area (Å²) in [4.78, 5) is 8.12. The maximum absolute atomic E-state index is 9.53. The van der Waals surface area contributed by atoms with E-state index in [2.05, 4.69) is 44.7 Å². The fraction of sp³-hybridized carbons (Fsp3) is 0.154. The molecule has 4 heterocycles. The van der Waals surface area contributed by atoms with Crippen LogP contribution in [0.5, 0.6) is 0 Å². The summed E-state index contributed by atoms with van der Waals surface area (Å²) in [6, 6.07) is 14.2. The first-order chi connectivity index (χ1) is 16.3. The minimum Gasteiger partial charge on any atom is -0.225 e. The molecule has 0 aromatic carbocycles. The second kappa shape index (κ2) is 9.40. The Morgan fingerprint density at radius 3 is 1.53 bits per heavy atom. The maximum atomic E-state index is 9.53. The number of thiophene rings is 4. The van der Waals surface area contributed by atoms with Gasteiger partial charge >= 0.3 is 0 Å². The molecule has 4 nitrogen and oxygen atoms in total. The molecule has 0 atom stereocenters. The number of hydrogen-bond donors (Lipinski definition) is 0. The van der Waals surface area contributed by atoms with E-state index in [0.717, 1.165) is 41.1 Å². The molecule has 164 valence electrons. The van der Waals surface area contributed by atoms with Crippen molar-refractivity contribution >= 4 is 56.6 Å². The average molecular weight is 513 g/mol. The highest BCUT2D eigenvalue weighted by Gasteiger charge is 2.16. The minimum atomic E-state index is 0.0595. The molecular weight excluding hydrogens is 497 g/mol. The Bertz CT molecular complexity index is 1680. The smallest absolute Gasteiger partial charge is 0.225 e. The molecule has 0 amide bonds. The Hall–Kier alpha value is -3.50. The van der Waals surface area contributed by atoms with Crippen LogP contribution in [0.4, 0.5) is 0 Å². The Morgan fingerprint density at radius 1 is 0.676 bits per heavy atom. The van der Waals surface area contributed by atoms with Crippen molar-refractivity contribution < 1.29 is 0 Å². The van der Waals surface area contributed by atoms with Gasteiger partial charge in [0.1, 0.15) is 17.7 Å². The van der Waals surface area contributed by atoms with Gasteiger partial charge in [0, 0.05) is 35.2 Å². The second-order valence-corrected chi connectivity index (χ2v) is 12.6. The lowest BCUT2D eigenvalue weighted by Gasteiger charge is -1.99. The zero-order valence-corrected chi connectivity index (χ0v) is 22.0. The third-order valence-corrected chi connectivity index (χ3v) is 9.64. The summed E-state index contributed by atoms with van der Waals surface area (Å²) in [5.41, 5.74) is 4.21. The quantitative estimate of drug-likeness (QED) is 0.286. The van der Waals surface area contributed by atoms with Crippen LogP contribution in [0.1, 0.15) is 19.5 Å². The van der Waals surface area contributed by atoms with Crippen LogP contribution in [0.3, 0.4) is 0 Å². The highest BCUT2D eigenvalue weighted by Crippen LogP contribution is 2.36. The molecule has 0 aliphatic carbocycles. The predicted octanol–water partition coefficient (Wildman–Crippen LogP) is 6.54. The van der Waals surface area contributed by atoms with Crippen LogP contribution in [0.2, 0.25) is 0 Å². The summed E-state index contributed by atoms with van der Waals surface area (Å²) >= 11 is 6.24. The predicted molar refractivity (Wildman–Crippen MR) is 141 cm³/mol. The van der Waals surface area contributed by atoms with Crippen molar-refractivity contribution in [3.8, 4) is 40.5 Å². The Labute approximate surface area is 213 Å². The lowest BCUT2D eigenvalue weighted by molar-refractivity contribution is 1.51. The minimum absolute atomic E-state index is 0.0595. The van der Waals surface area contributed by atoms with E-state index in [1.807, 2.05) is 30.3 Å². The maximum Gasteiger partial charge on any atom is 0.278 e. The van der Waals surface area contributed by atoms with Crippen LogP contribution in [0, 0.1) is 77.3 Å². The van der Waals surface area contributed by atoms with E-state index < -0.39 is 0 Å². The van der Waals surface area contributed by atoms with Crippen molar-refractivity contribution in [3.05, 3.63) is 73.3 Å². The van der Waals surface area contributed by atoms with E-state index in [0.29, 0.717) is 9.06 Å². The summed E-state index contributed by atoms with van der Waals surface area (Å²) < 4.78 is 3.12. The van der Waals surface area contributed by atoms with Crippen LogP contribution in [0.25, 0.3) is 38.4 Å². The molecule has 0 aliphatic heterocycles. The number of nitriles is 3. The Morgan fingerprint density at radius 2 is 1.15 bits per heavy atom. The molecule has 0 saturated carbocycles. The molecule has 0 unspecified atom stereocenters. The second-order valence-electron chi connectivity index (χ2n) is 7.53. The van der Waals surface area contributed by atoms with E-state index in [4.69, 9.17) is 6.57 Å². The summed E-state index contributed by atoms with van der Waals surface area (Å²) in [5, 5.41) is 28.6. The van der Waals surface area contributed by atoms with E-state index >= 15 is 0 Å². The first-order valence-electron chi connectivity index (χ1n) is 10.1. The van der Waals surface area contributed by atoms with E-state index in [-0.39, 0.29) is 11.3 Å². The molecule has 0 saturated heterocycles. The van der Waals surface area contributed by atoms with Crippen LogP contribution in [0.15, 0.2) is 24.3 Å². The average Bonchev–Trinajstić information content (AvgIpc) is 3.55.